The molecule has 90 valence electrons. The highest BCUT2D eigenvalue weighted by Crippen LogP contribution is 2.26. The van der Waals surface area contributed by atoms with Gasteiger partial charge in [-0.15, -0.1) is 0 Å². The van der Waals surface area contributed by atoms with Crippen molar-refractivity contribution in [2.75, 3.05) is 7.11 Å². The van der Waals surface area contributed by atoms with Gasteiger partial charge in [0, 0.05) is 6.54 Å². The fraction of sp³-hybridized carbons (Fsp3) is 0.556. The Morgan fingerprint density at radius 3 is 2.62 bits per heavy atom. The molecular formula is C9H11F3N2O2. The molecule has 16 heavy (non-hydrogen) atoms. The van der Waals surface area contributed by atoms with Crippen molar-refractivity contribution < 1.29 is 22.7 Å². The molecule has 1 aromatic rings. The van der Waals surface area contributed by atoms with Crippen molar-refractivity contribution in [2.45, 2.75) is 26.1 Å². The lowest BCUT2D eigenvalue weighted by Crippen LogP contribution is -2.18. The third-order valence-corrected chi connectivity index (χ3v) is 1.95. The normalized spacial score (nSPS) is 11.6. The van der Waals surface area contributed by atoms with Crippen LogP contribution in [0.2, 0.25) is 0 Å². The molecule has 0 aliphatic heterocycles. The number of nitrogens with zero attached hydrogens (tertiary/aromatic N) is 2. The molecule has 0 aliphatic carbocycles. The molecule has 4 nitrogen and oxygen atoms in total. The van der Waals surface area contributed by atoms with Crippen LogP contribution in [0.25, 0.3) is 0 Å². The number of aromatic nitrogens is 2. The summed E-state index contributed by atoms with van der Waals surface area (Å²) in [5, 5.41) is 3.76. The molecule has 0 bridgehead atoms. The van der Waals surface area contributed by atoms with Gasteiger partial charge in [0.25, 0.3) is 0 Å². The molecule has 0 spiro atoms. The number of Topliss-reactive ketones (excluding diaryl/α,β-unsaturated/α-hetero) is 1. The first kappa shape index (κ1) is 12.5. The van der Waals surface area contributed by atoms with Crippen LogP contribution in [-0.4, -0.2) is 28.8 Å². The Morgan fingerprint density at radius 2 is 2.19 bits per heavy atom. The highest BCUT2D eigenvalue weighted by molar-refractivity contribution is 5.97. The number of alkyl halides is 3. The van der Waals surface area contributed by atoms with Gasteiger partial charge in [-0.05, 0) is 6.92 Å². The van der Waals surface area contributed by atoms with Crippen molar-refractivity contribution in [2.24, 2.45) is 0 Å². The number of methoxy groups -OCH3 is 1. The van der Waals surface area contributed by atoms with E-state index >= 15 is 0 Å². The van der Waals surface area contributed by atoms with Gasteiger partial charge in [-0.3, -0.25) is 9.48 Å². The van der Waals surface area contributed by atoms with Crippen LogP contribution in [0.1, 0.15) is 23.8 Å². The number of aryl methyl sites for hydroxylation is 1. The molecule has 0 aromatic carbocycles. The maximum absolute atomic E-state index is 12.1. The van der Waals surface area contributed by atoms with Crippen molar-refractivity contribution >= 4 is 5.78 Å². The molecule has 0 atom stereocenters. The van der Waals surface area contributed by atoms with Crippen LogP contribution in [-0.2, 0) is 6.54 Å². The fourth-order valence-corrected chi connectivity index (χ4v) is 1.30. The van der Waals surface area contributed by atoms with Crippen LogP contribution in [0.4, 0.5) is 13.2 Å². The number of hydrogen-bond donors (Lipinski definition) is 0. The van der Waals surface area contributed by atoms with Crippen LogP contribution in [0.3, 0.4) is 0 Å². The quantitative estimate of drug-likeness (QED) is 0.751. The van der Waals surface area contributed by atoms with Crippen molar-refractivity contribution in [1.29, 1.82) is 0 Å². The zero-order valence-electron chi connectivity index (χ0n) is 8.84. The summed E-state index contributed by atoms with van der Waals surface area (Å²) in [5.74, 6) is -0.972. The molecule has 0 saturated carbocycles. The number of ketones is 1. The number of halogens is 3. The number of carbonyl (C=O) groups is 1. The Balaban J connectivity index is 3.01. The summed E-state index contributed by atoms with van der Waals surface area (Å²) in [4.78, 5) is 11.4. The molecule has 7 heteroatoms. The molecule has 0 fully saturated rings. The monoisotopic (exact) mass is 236 g/mol. The minimum atomic E-state index is -4.52. The van der Waals surface area contributed by atoms with Crippen LogP contribution in [0.15, 0.2) is 6.20 Å². The molecular weight excluding hydrogens is 225 g/mol. The van der Waals surface area contributed by atoms with Crippen molar-refractivity contribution in [3.05, 3.63) is 11.9 Å². The standard InChI is InChI=1S/C9H11F3N2O2/c1-3-14-8(7(16-2)5-13-14)6(15)4-9(10,11)12/h5H,3-4H2,1-2H3. The maximum Gasteiger partial charge on any atom is 0.396 e. The van der Waals surface area contributed by atoms with Crippen molar-refractivity contribution in [3.63, 3.8) is 0 Å². The summed E-state index contributed by atoms with van der Waals surface area (Å²) in [6.07, 6.45) is -4.80. The minimum absolute atomic E-state index is 0.0658. The number of ether oxygens (including phenoxy) is 1. The average Bonchev–Trinajstić information content (AvgIpc) is 2.57. The Hall–Kier alpha value is -1.53. The number of carbonyl (C=O) groups excluding carboxylic acids is 1. The molecule has 1 rings (SSSR count). The first-order chi connectivity index (χ1) is 7.39. The molecule has 0 amide bonds. The van der Waals surface area contributed by atoms with E-state index in [1.807, 2.05) is 0 Å². The third-order valence-electron chi connectivity index (χ3n) is 1.95. The molecule has 0 N–H and O–H groups in total. The van der Waals surface area contributed by atoms with E-state index in [-0.39, 0.29) is 11.4 Å². The van der Waals surface area contributed by atoms with E-state index in [0.29, 0.717) is 6.54 Å². The predicted octanol–water partition coefficient (Wildman–Crippen LogP) is 2.05. The first-order valence-electron chi connectivity index (χ1n) is 4.58. The van der Waals surface area contributed by atoms with E-state index in [0.717, 1.165) is 0 Å². The molecule has 0 saturated heterocycles. The van der Waals surface area contributed by atoms with E-state index < -0.39 is 18.4 Å². The van der Waals surface area contributed by atoms with Crippen LogP contribution < -0.4 is 4.74 Å². The zero-order chi connectivity index (χ0) is 12.3. The average molecular weight is 236 g/mol. The van der Waals surface area contributed by atoms with Crippen molar-refractivity contribution in [1.82, 2.24) is 9.78 Å². The second-order valence-corrected chi connectivity index (χ2v) is 3.09. The molecule has 1 heterocycles. The van der Waals surface area contributed by atoms with Gasteiger partial charge in [0.1, 0.15) is 12.1 Å². The predicted molar refractivity (Wildman–Crippen MR) is 49.5 cm³/mol. The Labute approximate surface area is 90.0 Å². The van der Waals surface area contributed by atoms with E-state index in [1.54, 1.807) is 6.92 Å². The lowest BCUT2D eigenvalue weighted by atomic mass is 10.2. The highest BCUT2D eigenvalue weighted by Gasteiger charge is 2.34. The van der Waals surface area contributed by atoms with Crippen LogP contribution in [0, 0.1) is 0 Å². The summed E-state index contributed by atoms with van der Waals surface area (Å²) >= 11 is 0. The summed E-state index contributed by atoms with van der Waals surface area (Å²) in [7, 11) is 1.28. The minimum Gasteiger partial charge on any atom is -0.493 e. The van der Waals surface area contributed by atoms with E-state index in [1.165, 1.54) is 18.0 Å². The Bertz CT molecular complexity index is 363. The Morgan fingerprint density at radius 1 is 1.56 bits per heavy atom. The lowest BCUT2D eigenvalue weighted by Gasteiger charge is -2.08. The van der Waals surface area contributed by atoms with Gasteiger partial charge in [-0.2, -0.15) is 18.3 Å². The summed E-state index contributed by atoms with van der Waals surface area (Å²) in [5.41, 5.74) is -0.137. The number of rotatable bonds is 4. The first-order valence-corrected chi connectivity index (χ1v) is 4.58. The highest BCUT2D eigenvalue weighted by atomic mass is 19.4. The summed E-state index contributed by atoms with van der Waals surface area (Å²) < 4.78 is 42.2. The van der Waals surface area contributed by atoms with E-state index in [9.17, 15) is 18.0 Å². The second-order valence-electron chi connectivity index (χ2n) is 3.09. The van der Waals surface area contributed by atoms with Gasteiger partial charge < -0.3 is 4.74 Å². The van der Waals surface area contributed by atoms with Gasteiger partial charge in [-0.25, -0.2) is 0 Å². The summed E-state index contributed by atoms with van der Waals surface area (Å²) in [6, 6.07) is 0. The van der Waals surface area contributed by atoms with Crippen molar-refractivity contribution in [3.8, 4) is 5.75 Å². The summed E-state index contributed by atoms with van der Waals surface area (Å²) in [6.45, 7) is 1.99. The van der Waals surface area contributed by atoms with Crippen LogP contribution >= 0.6 is 0 Å². The Kier molecular flexibility index (Phi) is 3.56. The lowest BCUT2D eigenvalue weighted by molar-refractivity contribution is -0.125. The molecule has 0 aliphatic rings. The van der Waals surface area contributed by atoms with Gasteiger partial charge in [0.15, 0.2) is 11.5 Å². The largest absolute Gasteiger partial charge is 0.493 e. The van der Waals surface area contributed by atoms with Crippen LogP contribution in [0.5, 0.6) is 5.75 Å². The molecule has 1 aromatic heterocycles. The van der Waals surface area contributed by atoms with Gasteiger partial charge >= 0.3 is 6.18 Å². The van der Waals surface area contributed by atoms with E-state index in [2.05, 4.69) is 5.10 Å². The topological polar surface area (TPSA) is 44.1 Å². The van der Waals surface area contributed by atoms with E-state index in [4.69, 9.17) is 4.74 Å². The zero-order valence-corrected chi connectivity index (χ0v) is 8.84. The van der Waals surface area contributed by atoms with Gasteiger partial charge in [0.2, 0.25) is 0 Å². The third kappa shape index (κ3) is 2.74. The molecule has 0 unspecified atom stereocenters. The SMILES string of the molecule is CCn1ncc(OC)c1C(=O)CC(F)(F)F. The van der Waals surface area contributed by atoms with Gasteiger partial charge in [-0.1, -0.05) is 0 Å². The maximum atomic E-state index is 12.1. The van der Waals surface area contributed by atoms with Gasteiger partial charge in [0.05, 0.1) is 13.3 Å². The second kappa shape index (κ2) is 4.54. The smallest absolute Gasteiger partial charge is 0.396 e. The molecule has 0 radical (unpaired) electrons. The number of hydrogen-bond acceptors (Lipinski definition) is 3. The fourth-order valence-electron chi connectivity index (χ4n) is 1.30.